The number of aliphatic hydroxyl groups is 1. The van der Waals surface area contributed by atoms with Crippen molar-refractivity contribution < 1.29 is 24.4 Å². The molecule has 1 unspecified atom stereocenters. The van der Waals surface area contributed by atoms with Gasteiger partial charge >= 0.3 is 0 Å². The third-order valence-electron chi connectivity index (χ3n) is 5.95. The molecule has 184 valence electrons. The Morgan fingerprint density at radius 1 is 0.973 bits per heavy atom. The molecule has 8 nitrogen and oxygen atoms in total. The van der Waals surface area contributed by atoms with Crippen molar-refractivity contribution in [3.8, 4) is 5.75 Å². The first-order valence-electron chi connectivity index (χ1n) is 11.3. The number of thiophene rings is 1. The van der Waals surface area contributed by atoms with Crippen LogP contribution in [0.15, 0.2) is 102 Å². The topological polar surface area (TPSA) is 110 Å². The molecule has 2 heterocycles. The van der Waals surface area contributed by atoms with Gasteiger partial charge in [-0.25, -0.2) is 0 Å². The summed E-state index contributed by atoms with van der Waals surface area (Å²) in [6.07, 6.45) is 0. The second-order valence-electron chi connectivity index (χ2n) is 8.26. The van der Waals surface area contributed by atoms with Crippen LogP contribution in [-0.4, -0.2) is 21.7 Å². The number of aliphatic hydroxyl groups excluding tert-OH is 1. The smallest absolute Gasteiger partial charge is 0.300 e. The molecular formula is C28H20N2O6S. The third-order valence-corrected chi connectivity index (χ3v) is 6.88. The number of nitro groups is 1. The average Bonchev–Trinajstić information content (AvgIpc) is 3.55. The summed E-state index contributed by atoms with van der Waals surface area (Å²) in [7, 11) is 0. The van der Waals surface area contributed by atoms with Crippen LogP contribution in [0.1, 0.15) is 22.0 Å². The standard InChI is InChI=1S/C28H20N2O6S/c31-26(19-8-4-9-21(16-19)30(34)35)24-25(23-10-5-15-37-23)29(28(33)27(24)32)20-11-13-22(14-12-20)36-17-18-6-2-1-3-7-18/h1-16,25,31H,17H2/b26-24-. The van der Waals surface area contributed by atoms with E-state index in [1.807, 2.05) is 35.7 Å². The van der Waals surface area contributed by atoms with Crippen molar-refractivity contribution in [1.29, 1.82) is 0 Å². The van der Waals surface area contributed by atoms with Gasteiger partial charge < -0.3 is 9.84 Å². The maximum absolute atomic E-state index is 13.2. The molecule has 0 radical (unpaired) electrons. The molecule has 4 aromatic rings. The van der Waals surface area contributed by atoms with E-state index in [9.17, 15) is 24.8 Å². The zero-order valence-corrected chi connectivity index (χ0v) is 20.1. The van der Waals surface area contributed by atoms with Crippen molar-refractivity contribution >= 4 is 40.2 Å². The van der Waals surface area contributed by atoms with Gasteiger partial charge in [0, 0.05) is 28.3 Å². The van der Waals surface area contributed by atoms with Crippen LogP contribution in [0, 0.1) is 10.1 Å². The Morgan fingerprint density at radius 3 is 2.41 bits per heavy atom. The quantitative estimate of drug-likeness (QED) is 0.109. The van der Waals surface area contributed by atoms with Crippen LogP contribution >= 0.6 is 11.3 Å². The highest BCUT2D eigenvalue weighted by atomic mass is 32.1. The van der Waals surface area contributed by atoms with Gasteiger partial charge in [0.25, 0.3) is 17.4 Å². The summed E-state index contributed by atoms with van der Waals surface area (Å²) in [6, 6.07) is 24.5. The number of hydrogen-bond donors (Lipinski definition) is 1. The Bertz CT molecular complexity index is 1500. The van der Waals surface area contributed by atoms with Crippen molar-refractivity contribution in [2.75, 3.05) is 4.90 Å². The normalized spacial score (nSPS) is 16.6. The van der Waals surface area contributed by atoms with Crippen LogP contribution in [0.2, 0.25) is 0 Å². The van der Waals surface area contributed by atoms with E-state index in [4.69, 9.17) is 4.74 Å². The molecule has 0 bridgehead atoms. The Hall–Kier alpha value is -4.76. The number of nitro benzene ring substituents is 1. The highest BCUT2D eigenvalue weighted by Crippen LogP contribution is 2.44. The maximum Gasteiger partial charge on any atom is 0.300 e. The molecule has 1 atom stereocenters. The summed E-state index contributed by atoms with van der Waals surface area (Å²) < 4.78 is 5.83. The number of amides is 1. The number of hydrogen-bond acceptors (Lipinski definition) is 7. The second-order valence-corrected chi connectivity index (χ2v) is 9.24. The van der Waals surface area contributed by atoms with Gasteiger partial charge in [-0.3, -0.25) is 24.6 Å². The summed E-state index contributed by atoms with van der Waals surface area (Å²) in [4.78, 5) is 39.0. The molecule has 1 amide bonds. The molecule has 1 saturated heterocycles. The fourth-order valence-electron chi connectivity index (χ4n) is 4.18. The minimum atomic E-state index is -0.893. The van der Waals surface area contributed by atoms with Gasteiger partial charge in [-0.1, -0.05) is 48.5 Å². The molecule has 37 heavy (non-hydrogen) atoms. The minimum Gasteiger partial charge on any atom is -0.507 e. The molecule has 1 aliphatic heterocycles. The Labute approximate surface area is 215 Å². The van der Waals surface area contributed by atoms with Crippen LogP contribution in [0.5, 0.6) is 5.75 Å². The molecule has 1 aliphatic rings. The first-order valence-corrected chi connectivity index (χ1v) is 12.2. The summed E-state index contributed by atoms with van der Waals surface area (Å²) >= 11 is 1.33. The van der Waals surface area contributed by atoms with E-state index in [1.54, 1.807) is 36.4 Å². The molecule has 5 rings (SSSR count). The minimum absolute atomic E-state index is 0.0819. The number of carbonyl (C=O) groups excluding carboxylic acids is 2. The Morgan fingerprint density at radius 2 is 1.73 bits per heavy atom. The van der Waals surface area contributed by atoms with E-state index in [1.165, 1.54) is 40.5 Å². The van der Waals surface area contributed by atoms with Gasteiger partial charge in [0.05, 0.1) is 10.5 Å². The monoisotopic (exact) mass is 512 g/mol. The second kappa shape index (κ2) is 10.1. The lowest BCUT2D eigenvalue weighted by Gasteiger charge is -2.24. The van der Waals surface area contributed by atoms with Crippen LogP contribution < -0.4 is 9.64 Å². The number of rotatable bonds is 7. The first kappa shape index (κ1) is 24.0. The molecule has 0 spiro atoms. The zero-order chi connectivity index (χ0) is 25.9. The van der Waals surface area contributed by atoms with Crippen molar-refractivity contribution in [2.24, 2.45) is 0 Å². The van der Waals surface area contributed by atoms with E-state index >= 15 is 0 Å². The van der Waals surface area contributed by atoms with Crippen molar-refractivity contribution in [3.63, 3.8) is 0 Å². The summed E-state index contributed by atoms with van der Waals surface area (Å²) in [5.41, 5.74) is 1.18. The van der Waals surface area contributed by atoms with Gasteiger partial charge in [0.1, 0.15) is 24.2 Å². The molecule has 9 heteroatoms. The molecule has 1 aromatic heterocycles. The number of non-ortho nitro benzene ring substituents is 1. The predicted octanol–water partition coefficient (Wildman–Crippen LogP) is 5.86. The Balaban J connectivity index is 1.51. The SMILES string of the molecule is O=C1C(=O)N(c2ccc(OCc3ccccc3)cc2)C(c2cccs2)/C1=C(/O)c1cccc([N+](=O)[O-])c1. The van der Waals surface area contributed by atoms with Crippen molar-refractivity contribution in [2.45, 2.75) is 12.6 Å². The average molecular weight is 513 g/mol. The van der Waals surface area contributed by atoms with Crippen molar-refractivity contribution in [1.82, 2.24) is 0 Å². The van der Waals surface area contributed by atoms with Gasteiger partial charge in [-0.2, -0.15) is 0 Å². The van der Waals surface area contributed by atoms with Crippen LogP contribution in [0.3, 0.4) is 0 Å². The Kier molecular flexibility index (Phi) is 6.53. The van der Waals surface area contributed by atoms with E-state index in [-0.39, 0.29) is 16.8 Å². The molecule has 0 aliphatic carbocycles. The summed E-state index contributed by atoms with van der Waals surface area (Å²) in [6.45, 7) is 0.378. The number of benzene rings is 3. The summed E-state index contributed by atoms with van der Waals surface area (Å²) in [5, 5.41) is 24.1. The van der Waals surface area contributed by atoms with Gasteiger partial charge in [0.15, 0.2) is 0 Å². The highest BCUT2D eigenvalue weighted by molar-refractivity contribution is 7.10. The van der Waals surface area contributed by atoms with Gasteiger partial charge in [-0.05, 0) is 41.3 Å². The van der Waals surface area contributed by atoms with Gasteiger partial charge in [-0.15, -0.1) is 11.3 Å². The van der Waals surface area contributed by atoms with E-state index < -0.39 is 28.4 Å². The number of anilines is 1. The molecule has 3 aromatic carbocycles. The molecule has 0 saturated carbocycles. The number of ether oxygens (including phenoxy) is 1. The summed E-state index contributed by atoms with van der Waals surface area (Å²) in [5.74, 6) is -1.55. The lowest BCUT2D eigenvalue weighted by Crippen LogP contribution is -2.29. The van der Waals surface area contributed by atoms with E-state index in [2.05, 4.69) is 0 Å². The lowest BCUT2D eigenvalue weighted by molar-refractivity contribution is -0.384. The number of Topliss-reactive ketones (excluding diaryl/α,β-unsaturated/α-hetero) is 1. The molecule has 1 fully saturated rings. The van der Waals surface area contributed by atoms with Gasteiger partial charge in [0.2, 0.25) is 0 Å². The van der Waals surface area contributed by atoms with E-state index in [0.717, 1.165) is 5.56 Å². The third kappa shape index (κ3) is 4.72. The van der Waals surface area contributed by atoms with E-state index in [0.29, 0.717) is 22.9 Å². The van der Waals surface area contributed by atoms with Crippen LogP contribution in [-0.2, 0) is 16.2 Å². The van der Waals surface area contributed by atoms with Crippen molar-refractivity contribution in [3.05, 3.63) is 128 Å². The highest BCUT2D eigenvalue weighted by Gasteiger charge is 2.47. The fourth-order valence-corrected chi connectivity index (χ4v) is 5.00. The lowest BCUT2D eigenvalue weighted by atomic mass is 9.99. The fraction of sp³-hybridized carbons (Fsp3) is 0.0714. The number of carbonyl (C=O) groups is 2. The largest absolute Gasteiger partial charge is 0.507 e. The first-order chi connectivity index (χ1) is 17.9. The van der Waals surface area contributed by atoms with Crippen LogP contribution in [0.25, 0.3) is 5.76 Å². The zero-order valence-electron chi connectivity index (χ0n) is 19.3. The molecular weight excluding hydrogens is 492 g/mol. The number of nitrogens with zero attached hydrogens (tertiary/aromatic N) is 2. The maximum atomic E-state index is 13.2. The number of ketones is 1. The van der Waals surface area contributed by atoms with Crippen LogP contribution in [0.4, 0.5) is 11.4 Å². The molecule has 1 N–H and O–H groups in total. The predicted molar refractivity (Wildman–Crippen MR) is 139 cm³/mol.